The number of aliphatic imine (C=N–C) groups is 1. The van der Waals surface area contributed by atoms with Crippen molar-refractivity contribution < 1.29 is 0 Å². The third kappa shape index (κ3) is 6.14. The van der Waals surface area contributed by atoms with Crippen molar-refractivity contribution in [1.29, 1.82) is 0 Å². The second-order valence-electron chi connectivity index (χ2n) is 2.49. The molecule has 72 valence electrons. The van der Waals surface area contributed by atoms with Crippen LogP contribution in [0, 0.1) is 5.92 Å². The molecule has 1 heteroatoms. The van der Waals surface area contributed by atoms with Crippen LogP contribution >= 0.6 is 0 Å². The standard InChI is InChI=1S/C9H17N.C2H6/c1-5-8(3)9(6-2)7-10-4;1-2/h6-8H,5H2,1-4H3;1-2H3/b9-6+,10-7?;. The number of rotatable bonds is 3. The van der Waals surface area contributed by atoms with Gasteiger partial charge in [0.05, 0.1) is 0 Å². The number of allylic oxidation sites excluding steroid dienone is 2. The summed E-state index contributed by atoms with van der Waals surface area (Å²) in [6.07, 6.45) is 5.25. The summed E-state index contributed by atoms with van der Waals surface area (Å²) >= 11 is 0. The van der Waals surface area contributed by atoms with E-state index >= 15 is 0 Å². The zero-order chi connectivity index (χ0) is 9.98. The van der Waals surface area contributed by atoms with Gasteiger partial charge in [-0.1, -0.05) is 33.8 Å². The summed E-state index contributed by atoms with van der Waals surface area (Å²) in [5.41, 5.74) is 1.34. The largest absolute Gasteiger partial charge is 0.296 e. The molecule has 0 heterocycles. The van der Waals surface area contributed by atoms with Crippen molar-refractivity contribution in [2.24, 2.45) is 10.9 Å². The number of nitrogens with zero attached hydrogens (tertiary/aromatic N) is 1. The molecule has 0 aromatic rings. The Bertz CT molecular complexity index is 134. The fourth-order valence-electron chi connectivity index (χ4n) is 0.871. The Morgan fingerprint density at radius 2 is 1.92 bits per heavy atom. The van der Waals surface area contributed by atoms with E-state index in [1.807, 2.05) is 27.1 Å². The molecule has 0 fully saturated rings. The van der Waals surface area contributed by atoms with Gasteiger partial charge in [-0.3, -0.25) is 4.99 Å². The highest BCUT2D eigenvalue weighted by Crippen LogP contribution is 2.11. The highest BCUT2D eigenvalue weighted by atomic mass is 14.6. The van der Waals surface area contributed by atoms with Gasteiger partial charge in [-0.25, -0.2) is 0 Å². The van der Waals surface area contributed by atoms with Crippen molar-refractivity contribution >= 4 is 6.21 Å². The lowest BCUT2D eigenvalue weighted by Crippen LogP contribution is -1.98. The predicted molar refractivity (Wildman–Crippen MR) is 59.0 cm³/mol. The summed E-state index contributed by atoms with van der Waals surface area (Å²) in [5.74, 6) is 0.647. The van der Waals surface area contributed by atoms with E-state index in [-0.39, 0.29) is 0 Å². The molecule has 0 radical (unpaired) electrons. The van der Waals surface area contributed by atoms with E-state index in [2.05, 4.69) is 31.8 Å². The Balaban J connectivity index is 0. The van der Waals surface area contributed by atoms with Crippen LogP contribution in [-0.4, -0.2) is 13.3 Å². The van der Waals surface area contributed by atoms with Crippen LogP contribution in [-0.2, 0) is 0 Å². The van der Waals surface area contributed by atoms with Crippen LogP contribution in [0.5, 0.6) is 0 Å². The normalized spacial score (nSPS) is 14.0. The van der Waals surface area contributed by atoms with Crippen molar-refractivity contribution in [2.45, 2.75) is 41.0 Å². The predicted octanol–water partition coefficient (Wildman–Crippen LogP) is 3.71. The second kappa shape index (κ2) is 10.4. The SMILES string of the molecule is C/C=C(\C=NC)C(C)CC.CC. The lowest BCUT2D eigenvalue weighted by atomic mass is 9.99. The Kier molecular flexibility index (Phi) is 12.1. The Morgan fingerprint density at radius 3 is 2.17 bits per heavy atom. The zero-order valence-corrected chi connectivity index (χ0v) is 9.39. The van der Waals surface area contributed by atoms with Gasteiger partial charge in [0, 0.05) is 13.3 Å². The molecular weight excluding hydrogens is 146 g/mol. The first-order chi connectivity index (χ1) is 5.76. The van der Waals surface area contributed by atoms with Gasteiger partial charge >= 0.3 is 0 Å². The van der Waals surface area contributed by atoms with Crippen LogP contribution in [0.4, 0.5) is 0 Å². The minimum atomic E-state index is 0.647. The Labute approximate surface area is 77.6 Å². The number of hydrogen-bond donors (Lipinski definition) is 0. The molecule has 0 spiro atoms. The second-order valence-corrected chi connectivity index (χ2v) is 2.49. The molecule has 1 nitrogen and oxygen atoms in total. The van der Waals surface area contributed by atoms with Gasteiger partial charge in [-0.15, -0.1) is 0 Å². The van der Waals surface area contributed by atoms with Crippen LogP contribution < -0.4 is 0 Å². The molecule has 0 bridgehead atoms. The maximum Gasteiger partial charge on any atom is 0.0277 e. The number of hydrogen-bond acceptors (Lipinski definition) is 1. The summed E-state index contributed by atoms with van der Waals surface area (Å²) in [4.78, 5) is 3.98. The lowest BCUT2D eigenvalue weighted by molar-refractivity contribution is 0.679. The van der Waals surface area contributed by atoms with Gasteiger partial charge in [0.15, 0.2) is 0 Å². The Hall–Kier alpha value is -0.590. The van der Waals surface area contributed by atoms with E-state index < -0.39 is 0 Å². The Morgan fingerprint density at radius 1 is 1.42 bits per heavy atom. The molecule has 0 aliphatic carbocycles. The molecular formula is C11H23N. The topological polar surface area (TPSA) is 12.4 Å². The van der Waals surface area contributed by atoms with Crippen LogP contribution in [0.25, 0.3) is 0 Å². The van der Waals surface area contributed by atoms with Gasteiger partial charge in [0.2, 0.25) is 0 Å². The summed E-state index contributed by atoms with van der Waals surface area (Å²) in [6, 6.07) is 0. The summed E-state index contributed by atoms with van der Waals surface area (Å²) in [5, 5.41) is 0. The van der Waals surface area contributed by atoms with Gasteiger partial charge in [-0.2, -0.15) is 0 Å². The molecule has 0 aliphatic heterocycles. The van der Waals surface area contributed by atoms with Gasteiger partial charge in [0.1, 0.15) is 0 Å². The first-order valence-corrected chi connectivity index (χ1v) is 4.84. The van der Waals surface area contributed by atoms with Crippen LogP contribution in [0.1, 0.15) is 41.0 Å². The first-order valence-electron chi connectivity index (χ1n) is 4.84. The van der Waals surface area contributed by atoms with Crippen molar-refractivity contribution in [3.63, 3.8) is 0 Å². The van der Waals surface area contributed by atoms with Gasteiger partial charge < -0.3 is 0 Å². The van der Waals surface area contributed by atoms with E-state index in [1.54, 1.807) is 0 Å². The third-order valence-electron chi connectivity index (χ3n) is 1.79. The summed E-state index contributed by atoms with van der Waals surface area (Å²) in [7, 11) is 1.81. The van der Waals surface area contributed by atoms with Crippen molar-refractivity contribution in [1.82, 2.24) is 0 Å². The van der Waals surface area contributed by atoms with Crippen LogP contribution in [0.15, 0.2) is 16.6 Å². The minimum Gasteiger partial charge on any atom is -0.296 e. The molecule has 0 amide bonds. The highest BCUT2D eigenvalue weighted by molar-refractivity contribution is 5.78. The van der Waals surface area contributed by atoms with Crippen molar-refractivity contribution in [3.05, 3.63) is 11.6 Å². The first kappa shape index (κ1) is 14.0. The summed E-state index contributed by atoms with van der Waals surface area (Å²) in [6.45, 7) is 10.5. The molecule has 0 rings (SSSR count). The summed E-state index contributed by atoms with van der Waals surface area (Å²) < 4.78 is 0. The smallest absolute Gasteiger partial charge is 0.0277 e. The molecule has 0 aromatic heterocycles. The maximum atomic E-state index is 3.98. The van der Waals surface area contributed by atoms with E-state index in [9.17, 15) is 0 Å². The van der Waals surface area contributed by atoms with E-state index in [0.717, 1.165) is 0 Å². The molecule has 0 saturated heterocycles. The fraction of sp³-hybridized carbons (Fsp3) is 0.727. The van der Waals surface area contributed by atoms with E-state index in [1.165, 1.54) is 12.0 Å². The quantitative estimate of drug-likeness (QED) is 0.571. The molecule has 12 heavy (non-hydrogen) atoms. The van der Waals surface area contributed by atoms with Crippen LogP contribution in [0.2, 0.25) is 0 Å². The minimum absolute atomic E-state index is 0.647. The van der Waals surface area contributed by atoms with Crippen molar-refractivity contribution in [3.8, 4) is 0 Å². The van der Waals surface area contributed by atoms with Gasteiger partial charge in [0.25, 0.3) is 0 Å². The molecule has 0 N–H and O–H groups in total. The zero-order valence-electron chi connectivity index (χ0n) is 9.39. The average Bonchev–Trinajstić information content (AvgIpc) is 2.16. The molecule has 0 aliphatic rings. The maximum absolute atomic E-state index is 3.98. The van der Waals surface area contributed by atoms with E-state index in [4.69, 9.17) is 0 Å². The van der Waals surface area contributed by atoms with Crippen molar-refractivity contribution in [2.75, 3.05) is 7.05 Å². The highest BCUT2D eigenvalue weighted by Gasteiger charge is 2.00. The lowest BCUT2D eigenvalue weighted by Gasteiger charge is -2.07. The third-order valence-corrected chi connectivity index (χ3v) is 1.79. The molecule has 0 aromatic carbocycles. The molecule has 1 unspecified atom stereocenters. The van der Waals surface area contributed by atoms with Gasteiger partial charge in [-0.05, 0) is 24.8 Å². The fourth-order valence-corrected chi connectivity index (χ4v) is 0.871. The average molecular weight is 169 g/mol. The molecule has 0 saturated carbocycles. The molecule has 1 atom stereocenters. The van der Waals surface area contributed by atoms with E-state index in [0.29, 0.717) is 5.92 Å². The monoisotopic (exact) mass is 169 g/mol. The van der Waals surface area contributed by atoms with Crippen LogP contribution in [0.3, 0.4) is 0 Å².